The van der Waals surface area contributed by atoms with E-state index < -0.39 is 0 Å². The van der Waals surface area contributed by atoms with Crippen molar-refractivity contribution in [2.75, 3.05) is 5.32 Å². The lowest BCUT2D eigenvalue weighted by Gasteiger charge is -2.09. The molecule has 9 nitrogen and oxygen atoms in total. The van der Waals surface area contributed by atoms with E-state index >= 15 is 0 Å². The number of aryl methyl sites for hydroxylation is 2. The molecule has 2 aromatic carbocycles. The third-order valence-corrected chi connectivity index (χ3v) is 5.76. The van der Waals surface area contributed by atoms with Crippen molar-refractivity contribution < 1.29 is 9.32 Å². The molecule has 0 aliphatic carbocycles. The van der Waals surface area contributed by atoms with E-state index in [0.717, 1.165) is 16.5 Å². The maximum Gasteiger partial charge on any atom is 0.278 e. The highest BCUT2D eigenvalue weighted by Gasteiger charge is 2.19. The molecule has 0 saturated carbocycles. The quantitative estimate of drug-likeness (QED) is 0.397. The highest BCUT2D eigenvalue weighted by atomic mass is 35.5. The molecule has 0 bridgehead atoms. The molecule has 0 atom stereocenters. The number of aromatic nitrogens is 5. The summed E-state index contributed by atoms with van der Waals surface area (Å²) in [5.74, 6) is 0.595. The van der Waals surface area contributed by atoms with Crippen LogP contribution in [0.25, 0.3) is 21.9 Å². The topological polar surface area (TPSA) is 108 Å². The van der Waals surface area contributed by atoms with Crippen molar-refractivity contribution in [1.29, 1.82) is 0 Å². The monoisotopic (exact) mass is 476 g/mol. The van der Waals surface area contributed by atoms with Crippen LogP contribution in [-0.2, 0) is 24.3 Å². The van der Waals surface area contributed by atoms with Crippen LogP contribution >= 0.6 is 11.6 Å². The Bertz CT molecular complexity index is 1600. The second-order valence-electron chi connectivity index (χ2n) is 8.00. The molecule has 0 spiro atoms. The van der Waals surface area contributed by atoms with Crippen LogP contribution in [0.15, 0.2) is 58.1 Å². The first-order chi connectivity index (χ1) is 16.4. The number of hydrogen-bond acceptors (Lipinski definition) is 6. The fourth-order valence-electron chi connectivity index (χ4n) is 3.94. The lowest BCUT2D eigenvalue weighted by molar-refractivity contribution is -0.116. The maximum absolute atomic E-state index is 13.5. The molecule has 0 unspecified atom stereocenters. The van der Waals surface area contributed by atoms with Crippen LogP contribution in [-0.4, -0.2) is 30.2 Å². The fourth-order valence-corrected chi connectivity index (χ4v) is 4.14. The lowest BCUT2D eigenvalue weighted by Crippen LogP contribution is -2.25. The molecule has 1 amide bonds. The van der Waals surface area contributed by atoms with Gasteiger partial charge in [-0.05, 0) is 37.3 Å². The predicted molar refractivity (Wildman–Crippen MR) is 129 cm³/mol. The number of carbonyl (C=O) groups is 1. The molecule has 0 fully saturated rings. The molecule has 3 aromatic heterocycles. The summed E-state index contributed by atoms with van der Waals surface area (Å²) in [6.07, 6.45) is 2.10. The van der Waals surface area contributed by atoms with Gasteiger partial charge in [-0.15, -0.1) is 0 Å². The fraction of sp³-hybridized carbons (Fsp3) is 0.208. The van der Waals surface area contributed by atoms with Gasteiger partial charge in [0.2, 0.25) is 11.8 Å². The summed E-state index contributed by atoms with van der Waals surface area (Å²) in [4.78, 5) is 35.3. The largest absolute Gasteiger partial charge is 0.337 e. The van der Waals surface area contributed by atoms with Crippen molar-refractivity contribution in [3.05, 3.63) is 81.4 Å². The number of amides is 1. The lowest BCUT2D eigenvalue weighted by atomic mass is 10.1. The highest BCUT2D eigenvalue weighted by molar-refractivity contribution is 6.30. The molecule has 172 valence electrons. The SMILES string of the molecule is CCc1noc(Cn2cnc3c4cc(C)ccc4n(CC(=O)Nc4cccc(Cl)c4)c3c2=O)n1. The van der Waals surface area contributed by atoms with Crippen LogP contribution in [0.1, 0.15) is 24.2 Å². The van der Waals surface area contributed by atoms with Crippen molar-refractivity contribution in [3.63, 3.8) is 0 Å². The van der Waals surface area contributed by atoms with Crippen LogP contribution in [0.4, 0.5) is 5.69 Å². The molecule has 34 heavy (non-hydrogen) atoms. The number of benzene rings is 2. The summed E-state index contributed by atoms with van der Waals surface area (Å²) in [7, 11) is 0. The Hall–Kier alpha value is -3.98. The van der Waals surface area contributed by atoms with Gasteiger partial charge in [0.15, 0.2) is 5.82 Å². The average molecular weight is 477 g/mol. The number of carbonyl (C=O) groups excluding carboxylic acids is 1. The number of hydrogen-bond donors (Lipinski definition) is 1. The number of nitrogens with zero attached hydrogens (tertiary/aromatic N) is 5. The minimum absolute atomic E-state index is 0.0724. The van der Waals surface area contributed by atoms with Gasteiger partial charge in [0.1, 0.15) is 24.1 Å². The third-order valence-electron chi connectivity index (χ3n) is 5.52. The molecule has 5 rings (SSSR count). The minimum atomic E-state index is -0.300. The van der Waals surface area contributed by atoms with Crippen LogP contribution in [0.3, 0.4) is 0 Å². The van der Waals surface area contributed by atoms with Crippen LogP contribution in [0, 0.1) is 6.92 Å². The molecule has 0 aliphatic heterocycles. The van der Waals surface area contributed by atoms with E-state index in [9.17, 15) is 9.59 Å². The maximum atomic E-state index is 13.5. The van der Waals surface area contributed by atoms with Gasteiger partial charge in [0, 0.05) is 22.5 Å². The Balaban J connectivity index is 1.59. The van der Waals surface area contributed by atoms with E-state index in [2.05, 4.69) is 20.4 Å². The third kappa shape index (κ3) is 4.06. The normalized spacial score (nSPS) is 11.4. The first-order valence-electron chi connectivity index (χ1n) is 10.8. The Morgan fingerprint density at radius 3 is 2.82 bits per heavy atom. The molecular weight excluding hydrogens is 456 g/mol. The zero-order valence-corrected chi connectivity index (χ0v) is 19.3. The molecule has 3 heterocycles. The Morgan fingerprint density at radius 2 is 2.06 bits per heavy atom. The van der Waals surface area contributed by atoms with Crippen molar-refractivity contribution in [3.8, 4) is 0 Å². The van der Waals surface area contributed by atoms with E-state index in [1.165, 1.54) is 10.9 Å². The van der Waals surface area contributed by atoms with Gasteiger partial charge in [-0.3, -0.25) is 14.2 Å². The van der Waals surface area contributed by atoms with Crippen molar-refractivity contribution in [2.24, 2.45) is 0 Å². The average Bonchev–Trinajstić information content (AvgIpc) is 3.38. The summed E-state index contributed by atoms with van der Waals surface area (Å²) < 4.78 is 8.35. The van der Waals surface area contributed by atoms with Gasteiger partial charge in [-0.2, -0.15) is 4.98 Å². The molecule has 1 N–H and O–H groups in total. The summed E-state index contributed by atoms with van der Waals surface area (Å²) >= 11 is 6.03. The van der Waals surface area contributed by atoms with E-state index in [1.54, 1.807) is 28.8 Å². The van der Waals surface area contributed by atoms with Gasteiger partial charge in [-0.1, -0.05) is 41.4 Å². The zero-order chi connectivity index (χ0) is 23.8. The summed E-state index contributed by atoms with van der Waals surface area (Å²) in [5.41, 5.74) is 2.92. The summed E-state index contributed by atoms with van der Waals surface area (Å²) in [5, 5.41) is 8.04. The summed E-state index contributed by atoms with van der Waals surface area (Å²) in [6.45, 7) is 3.90. The van der Waals surface area contributed by atoms with Crippen LogP contribution < -0.4 is 10.9 Å². The number of fused-ring (bicyclic) bond motifs is 3. The van der Waals surface area contributed by atoms with E-state index in [1.807, 2.05) is 32.0 Å². The first-order valence-corrected chi connectivity index (χ1v) is 11.2. The molecular formula is C24H21ClN6O3. The van der Waals surface area contributed by atoms with E-state index in [4.69, 9.17) is 16.1 Å². The second-order valence-corrected chi connectivity index (χ2v) is 8.43. The smallest absolute Gasteiger partial charge is 0.278 e. The first kappa shape index (κ1) is 21.8. The van der Waals surface area contributed by atoms with Gasteiger partial charge < -0.3 is 14.4 Å². The van der Waals surface area contributed by atoms with Crippen molar-refractivity contribution in [2.45, 2.75) is 33.4 Å². The van der Waals surface area contributed by atoms with Crippen molar-refractivity contribution >= 4 is 45.1 Å². The number of nitrogens with one attached hydrogen (secondary N) is 1. The number of anilines is 1. The second kappa shape index (κ2) is 8.75. The van der Waals surface area contributed by atoms with E-state index in [-0.39, 0.29) is 24.6 Å². The number of rotatable bonds is 6. The van der Waals surface area contributed by atoms with Crippen molar-refractivity contribution in [1.82, 2.24) is 24.3 Å². The zero-order valence-electron chi connectivity index (χ0n) is 18.6. The van der Waals surface area contributed by atoms with Gasteiger partial charge in [0.05, 0.1) is 11.8 Å². The standard InChI is InChI=1S/C24H21ClN6O3/c1-3-19-28-21(34-29-19)12-30-13-26-22-17-9-14(2)7-8-18(17)31(23(22)24(30)33)11-20(32)27-16-6-4-5-15(25)10-16/h4-10,13H,3,11-12H2,1-2H3,(H,27,32). The molecule has 5 aromatic rings. The molecule has 10 heteroatoms. The molecule has 0 radical (unpaired) electrons. The molecule has 0 saturated heterocycles. The Labute approximate surface area is 199 Å². The number of halogens is 1. The van der Waals surface area contributed by atoms with Crippen LogP contribution in [0.2, 0.25) is 5.02 Å². The predicted octanol–water partition coefficient (Wildman–Crippen LogP) is 3.95. The van der Waals surface area contributed by atoms with Gasteiger partial charge in [0.25, 0.3) is 5.56 Å². The minimum Gasteiger partial charge on any atom is -0.337 e. The summed E-state index contributed by atoms with van der Waals surface area (Å²) in [6, 6.07) is 12.7. The Kier molecular flexibility index (Phi) is 5.62. The Morgan fingerprint density at radius 1 is 1.21 bits per heavy atom. The van der Waals surface area contributed by atoms with Gasteiger partial charge in [-0.25, -0.2) is 4.98 Å². The van der Waals surface area contributed by atoms with Gasteiger partial charge >= 0.3 is 0 Å². The van der Waals surface area contributed by atoms with Crippen LogP contribution in [0.5, 0.6) is 0 Å². The molecule has 0 aliphatic rings. The highest BCUT2D eigenvalue weighted by Crippen LogP contribution is 2.27. The van der Waals surface area contributed by atoms with E-state index in [0.29, 0.717) is 39.9 Å².